The molecule has 3 N–H and O–H groups in total. The van der Waals surface area contributed by atoms with Gasteiger partial charge in [0.05, 0.1) is 0 Å². The largest absolute Gasteiger partial charge is 0.382 e. The summed E-state index contributed by atoms with van der Waals surface area (Å²) in [5.41, 5.74) is 3.95. The topological polar surface area (TPSA) is 89.4 Å². The number of nitrogens with two attached hydrogens (primary N) is 1. The number of primary amides is 1. The van der Waals surface area contributed by atoms with Gasteiger partial charge in [-0.1, -0.05) is 18.5 Å². The average Bonchev–Trinajstić information content (AvgIpc) is 2.51. The van der Waals surface area contributed by atoms with Gasteiger partial charge in [-0.3, -0.25) is 4.79 Å². The first-order chi connectivity index (χ1) is 6.47. The molecule has 1 aromatic heterocycles. The molecular formula is C9H14N2O3. The van der Waals surface area contributed by atoms with E-state index in [1.165, 1.54) is 6.07 Å². The highest BCUT2D eigenvalue weighted by Crippen LogP contribution is 2.26. The Bertz CT molecular complexity index is 331. The van der Waals surface area contributed by atoms with E-state index in [9.17, 15) is 9.90 Å². The van der Waals surface area contributed by atoms with Gasteiger partial charge in [-0.05, 0) is 13.3 Å². The zero-order valence-corrected chi connectivity index (χ0v) is 8.28. The molecule has 1 heterocycles. The minimum Gasteiger partial charge on any atom is -0.382 e. The molecule has 1 amide bonds. The number of aromatic nitrogens is 1. The molecule has 5 heteroatoms. The van der Waals surface area contributed by atoms with Crippen LogP contribution in [0.2, 0.25) is 0 Å². The van der Waals surface area contributed by atoms with Crippen molar-refractivity contribution in [1.29, 1.82) is 0 Å². The number of hydrogen-bond acceptors (Lipinski definition) is 4. The van der Waals surface area contributed by atoms with Crippen molar-refractivity contribution in [3.63, 3.8) is 0 Å². The van der Waals surface area contributed by atoms with E-state index >= 15 is 0 Å². The van der Waals surface area contributed by atoms with Crippen LogP contribution in [-0.2, 0) is 5.60 Å². The maximum absolute atomic E-state index is 10.7. The second-order valence-corrected chi connectivity index (χ2v) is 3.46. The second kappa shape index (κ2) is 3.79. The van der Waals surface area contributed by atoms with Gasteiger partial charge >= 0.3 is 0 Å². The fraction of sp³-hybridized carbons (Fsp3) is 0.556. The molecular weight excluding hydrogens is 184 g/mol. The Kier molecular flexibility index (Phi) is 2.90. The number of amides is 1. The van der Waals surface area contributed by atoms with E-state index in [1.807, 2.05) is 6.92 Å². The second-order valence-electron chi connectivity index (χ2n) is 3.46. The molecule has 1 atom stereocenters. The molecule has 0 fully saturated rings. The lowest BCUT2D eigenvalue weighted by Crippen LogP contribution is -2.19. The Labute approximate surface area is 81.9 Å². The summed E-state index contributed by atoms with van der Waals surface area (Å²) in [5, 5.41) is 13.3. The number of hydrogen-bond donors (Lipinski definition) is 2. The van der Waals surface area contributed by atoms with E-state index in [-0.39, 0.29) is 11.5 Å². The van der Waals surface area contributed by atoms with Crippen molar-refractivity contribution in [2.45, 2.75) is 32.3 Å². The van der Waals surface area contributed by atoms with Crippen LogP contribution in [0, 0.1) is 0 Å². The summed E-state index contributed by atoms with van der Waals surface area (Å²) in [7, 11) is 0. The van der Waals surface area contributed by atoms with Gasteiger partial charge in [0.1, 0.15) is 5.60 Å². The quantitative estimate of drug-likeness (QED) is 0.748. The van der Waals surface area contributed by atoms with Crippen LogP contribution in [0.15, 0.2) is 10.6 Å². The Balaban J connectivity index is 2.90. The van der Waals surface area contributed by atoms with E-state index in [1.54, 1.807) is 6.92 Å². The summed E-state index contributed by atoms with van der Waals surface area (Å²) in [6, 6.07) is 1.37. The molecule has 78 valence electrons. The van der Waals surface area contributed by atoms with Crippen LogP contribution in [0.25, 0.3) is 0 Å². The van der Waals surface area contributed by atoms with Crippen LogP contribution in [-0.4, -0.2) is 16.2 Å². The molecule has 1 aromatic rings. The van der Waals surface area contributed by atoms with Crippen molar-refractivity contribution >= 4 is 5.91 Å². The maximum atomic E-state index is 10.7. The van der Waals surface area contributed by atoms with Gasteiger partial charge < -0.3 is 15.4 Å². The lowest BCUT2D eigenvalue weighted by molar-refractivity contribution is 0.0189. The molecule has 14 heavy (non-hydrogen) atoms. The Morgan fingerprint density at radius 1 is 1.79 bits per heavy atom. The Hall–Kier alpha value is -1.36. The molecule has 0 saturated carbocycles. The third-order valence-corrected chi connectivity index (χ3v) is 2.03. The molecule has 0 aromatic carbocycles. The number of rotatable bonds is 4. The fourth-order valence-electron chi connectivity index (χ4n) is 1.26. The smallest absolute Gasteiger partial charge is 0.270 e. The van der Waals surface area contributed by atoms with E-state index in [0.29, 0.717) is 6.42 Å². The molecule has 0 aliphatic carbocycles. The highest BCUT2D eigenvalue weighted by molar-refractivity contribution is 5.90. The van der Waals surface area contributed by atoms with E-state index in [2.05, 4.69) is 5.16 Å². The van der Waals surface area contributed by atoms with E-state index in [0.717, 1.165) is 6.42 Å². The highest BCUT2D eigenvalue weighted by atomic mass is 16.5. The van der Waals surface area contributed by atoms with E-state index < -0.39 is 11.5 Å². The van der Waals surface area contributed by atoms with Crippen LogP contribution in [0.4, 0.5) is 0 Å². The van der Waals surface area contributed by atoms with Crippen molar-refractivity contribution in [2.75, 3.05) is 0 Å². The average molecular weight is 198 g/mol. The lowest BCUT2D eigenvalue weighted by Gasteiger charge is -2.18. The lowest BCUT2D eigenvalue weighted by atomic mass is 9.97. The number of carbonyl (C=O) groups is 1. The summed E-state index contributed by atoms with van der Waals surface area (Å²) in [5.74, 6) is -0.388. The van der Waals surface area contributed by atoms with Crippen LogP contribution in [0.1, 0.15) is 42.9 Å². The zero-order chi connectivity index (χ0) is 10.8. The van der Waals surface area contributed by atoms with Crippen molar-refractivity contribution < 1.29 is 14.4 Å². The van der Waals surface area contributed by atoms with Gasteiger partial charge in [-0.15, -0.1) is 0 Å². The predicted molar refractivity (Wildman–Crippen MR) is 49.5 cm³/mol. The van der Waals surface area contributed by atoms with Gasteiger partial charge in [0.15, 0.2) is 11.5 Å². The Morgan fingerprint density at radius 3 is 2.86 bits per heavy atom. The van der Waals surface area contributed by atoms with Crippen molar-refractivity contribution in [1.82, 2.24) is 5.16 Å². The first-order valence-corrected chi connectivity index (χ1v) is 4.46. The summed E-state index contributed by atoms with van der Waals surface area (Å²) >= 11 is 0. The van der Waals surface area contributed by atoms with E-state index in [4.69, 9.17) is 10.3 Å². The van der Waals surface area contributed by atoms with Crippen molar-refractivity contribution in [3.05, 3.63) is 17.5 Å². The minimum atomic E-state index is -1.09. The molecule has 0 spiro atoms. The molecule has 1 rings (SSSR count). The number of aliphatic hydroxyl groups is 1. The molecule has 0 unspecified atom stereocenters. The van der Waals surface area contributed by atoms with Crippen LogP contribution in [0.5, 0.6) is 0 Å². The summed E-state index contributed by atoms with van der Waals surface area (Å²) < 4.78 is 4.84. The number of nitrogens with zero attached hydrogens (tertiary/aromatic N) is 1. The molecule has 0 saturated heterocycles. The summed E-state index contributed by atoms with van der Waals surface area (Å²) in [6.07, 6.45) is 1.35. The maximum Gasteiger partial charge on any atom is 0.270 e. The van der Waals surface area contributed by atoms with Crippen molar-refractivity contribution in [2.24, 2.45) is 5.73 Å². The van der Waals surface area contributed by atoms with Crippen LogP contribution in [0.3, 0.4) is 0 Å². The van der Waals surface area contributed by atoms with Crippen molar-refractivity contribution in [3.8, 4) is 0 Å². The normalized spacial score (nSPS) is 15.1. The standard InChI is InChI=1S/C9H14N2O3/c1-3-4-9(2,13)7-5-6(8(10)12)11-14-7/h5,13H,3-4H2,1-2H3,(H2,10,12)/t9-/m0/s1. The predicted octanol–water partition coefficient (Wildman–Crippen LogP) is 0.781. The minimum absolute atomic E-state index is 0.0383. The molecule has 0 aliphatic heterocycles. The molecule has 0 bridgehead atoms. The number of carbonyl (C=O) groups excluding carboxylic acids is 1. The van der Waals surface area contributed by atoms with Gasteiger partial charge in [0.25, 0.3) is 5.91 Å². The highest BCUT2D eigenvalue weighted by Gasteiger charge is 2.27. The third-order valence-electron chi connectivity index (χ3n) is 2.03. The van der Waals surface area contributed by atoms with Gasteiger partial charge in [-0.25, -0.2) is 0 Å². The van der Waals surface area contributed by atoms with Gasteiger partial charge in [0.2, 0.25) is 0 Å². The Morgan fingerprint density at radius 2 is 2.43 bits per heavy atom. The molecule has 5 nitrogen and oxygen atoms in total. The molecule has 0 aliphatic rings. The SMILES string of the molecule is CCC[C@](C)(O)c1cc(C(N)=O)no1. The van der Waals surface area contributed by atoms with Crippen LogP contribution >= 0.6 is 0 Å². The summed E-state index contributed by atoms with van der Waals surface area (Å²) in [6.45, 7) is 3.56. The third kappa shape index (κ3) is 2.11. The van der Waals surface area contributed by atoms with Crippen LogP contribution < -0.4 is 5.73 Å². The molecule has 0 radical (unpaired) electrons. The first-order valence-electron chi connectivity index (χ1n) is 4.46. The first kappa shape index (κ1) is 10.7. The zero-order valence-electron chi connectivity index (χ0n) is 8.28. The van der Waals surface area contributed by atoms with Gasteiger partial charge in [-0.2, -0.15) is 0 Å². The fourth-order valence-corrected chi connectivity index (χ4v) is 1.26. The monoisotopic (exact) mass is 198 g/mol. The summed E-state index contributed by atoms with van der Waals surface area (Å²) in [4.78, 5) is 10.7. The van der Waals surface area contributed by atoms with Gasteiger partial charge in [0, 0.05) is 6.07 Å².